The van der Waals surface area contributed by atoms with E-state index < -0.39 is 15.1 Å². The van der Waals surface area contributed by atoms with Gasteiger partial charge in [0.1, 0.15) is 0 Å². The van der Waals surface area contributed by atoms with Gasteiger partial charge in [-0.05, 0) is 21.5 Å². The van der Waals surface area contributed by atoms with Crippen LogP contribution in [0.4, 0.5) is 0 Å². The topological polar surface area (TPSA) is 0 Å². The number of benzene rings is 6. The number of rotatable bonds is 2. The summed E-state index contributed by atoms with van der Waals surface area (Å²) in [5.74, 6) is 0. The Bertz CT molecular complexity index is 2280. The smallest absolute Gasteiger partial charge is 1.00 e. The van der Waals surface area contributed by atoms with Crippen LogP contribution in [0.5, 0.6) is 0 Å². The van der Waals surface area contributed by atoms with E-state index in [0.29, 0.717) is 0 Å². The van der Waals surface area contributed by atoms with E-state index in [2.05, 4.69) is 170 Å². The van der Waals surface area contributed by atoms with E-state index in [9.17, 15) is 0 Å². The molecule has 5 heteroatoms. The third-order valence-electron chi connectivity index (χ3n) is 8.88. The van der Waals surface area contributed by atoms with Crippen molar-refractivity contribution in [3.63, 3.8) is 0 Å². The molecule has 0 atom stereocenters. The second-order valence-corrected chi connectivity index (χ2v) is 15.7. The van der Waals surface area contributed by atoms with Crippen molar-refractivity contribution >= 4 is 78.6 Å². The van der Waals surface area contributed by atoms with Gasteiger partial charge >= 0.3 is 26.2 Å². The van der Waals surface area contributed by atoms with Gasteiger partial charge in [-0.1, -0.05) is 135 Å². The van der Waals surface area contributed by atoms with Gasteiger partial charge in [-0.2, -0.15) is 12.1 Å². The first-order valence-corrected chi connectivity index (χ1v) is 17.8. The van der Waals surface area contributed by atoms with Crippen LogP contribution in [0.2, 0.25) is 0 Å². The van der Waals surface area contributed by atoms with E-state index in [-0.39, 0.29) is 51.0 Å². The molecule has 0 aliphatic rings. The maximum Gasteiger partial charge on any atom is 4.00 e. The number of halogens is 2. The van der Waals surface area contributed by atoms with E-state index in [4.69, 9.17) is 0 Å². The number of fused-ring (bicyclic) bond motifs is 8. The van der Waals surface area contributed by atoms with Crippen molar-refractivity contribution in [2.24, 2.45) is 0 Å². The minimum atomic E-state index is -0.419. The SMILES string of the molecule is [Cl-].[Cl-].[Zr+4].c1ccc2[cH-]c(-p3c4ccccc4c4ccccc43)cc2c1.c1ccc2[cH-]c(-p3c4ccccc4c4ccccc43)cc2c1. The second-order valence-electron chi connectivity index (χ2n) is 11.4. The van der Waals surface area contributed by atoms with E-state index in [1.54, 1.807) is 0 Å². The predicted octanol–water partition coefficient (Wildman–Crippen LogP) is 7.69. The normalized spacial score (nSPS) is 10.9. The second kappa shape index (κ2) is 14.0. The molecule has 0 saturated heterocycles. The first kappa shape index (κ1) is 33.5. The average molecular weight is 757 g/mol. The van der Waals surface area contributed by atoms with Crippen LogP contribution >= 0.6 is 15.1 Å². The quantitative estimate of drug-likeness (QED) is 0.159. The molecule has 0 spiro atoms. The Kier molecular flexibility index (Phi) is 9.97. The minimum Gasteiger partial charge on any atom is -1.00 e. The maximum absolute atomic E-state index is 2.37. The van der Waals surface area contributed by atoms with Gasteiger partial charge in [-0.3, -0.25) is 0 Å². The summed E-state index contributed by atoms with van der Waals surface area (Å²) in [5, 5.41) is 20.0. The van der Waals surface area contributed by atoms with Crippen molar-refractivity contribution in [3.8, 4) is 10.6 Å². The van der Waals surface area contributed by atoms with Gasteiger partial charge in [0, 0.05) is 20.5 Å². The van der Waals surface area contributed by atoms with Crippen molar-refractivity contribution < 1.29 is 51.0 Å². The third kappa shape index (κ3) is 5.74. The zero-order valence-electron chi connectivity index (χ0n) is 25.3. The summed E-state index contributed by atoms with van der Waals surface area (Å²) in [6.07, 6.45) is 0. The molecule has 0 saturated carbocycles. The summed E-state index contributed by atoms with van der Waals surface area (Å²) in [6, 6.07) is 62.4. The van der Waals surface area contributed by atoms with E-state index in [1.807, 2.05) is 0 Å². The zero-order valence-corrected chi connectivity index (χ0v) is 31.1. The van der Waals surface area contributed by atoms with Gasteiger partial charge in [-0.15, -0.1) is 70.1 Å². The van der Waals surface area contributed by atoms with Crippen LogP contribution < -0.4 is 24.8 Å². The molecule has 2 heterocycles. The van der Waals surface area contributed by atoms with Crippen LogP contribution in [0.1, 0.15) is 0 Å². The standard InChI is InChI=1S/2C21H14P.2ClH.Zr/c2*1-2-8-16-14-17(13-15(16)7-1)22-20-11-5-3-9-18(20)19-10-4-6-12-21(19)22;;;/h2*1-14H;2*1H;/q2*-1;;;+4/p-2. The molecular weight excluding hydrogens is 729 g/mol. The van der Waals surface area contributed by atoms with Gasteiger partial charge in [0.25, 0.3) is 0 Å². The first-order valence-electron chi connectivity index (χ1n) is 15.1. The molecule has 0 N–H and O–H groups in total. The van der Waals surface area contributed by atoms with E-state index in [1.165, 1.54) is 74.2 Å². The van der Waals surface area contributed by atoms with Crippen LogP contribution in [0.25, 0.3) is 74.2 Å². The summed E-state index contributed by atoms with van der Waals surface area (Å²) < 4.78 is 0. The van der Waals surface area contributed by atoms with Crippen molar-refractivity contribution in [3.05, 3.63) is 170 Å². The van der Waals surface area contributed by atoms with Gasteiger partial charge < -0.3 is 24.8 Å². The molecule has 0 aliphatic carbocycles. The molecule has 0 fully saturated rings. The Morgan fingerprint density at radius 1 is 0.340 bits per heavy atom. The fourth-order valence-corrected chi connectivity index (χ4v) is 12.3. The van der Waals surface area contributed by atoms with Crippen LogP contribution in [0.15, 0.2) is 170 Å². The summed E-state index contributed by atoms with van der Waals surface area (Å²) >= 11 is 0. The molecule has 10 aromatic rings. The molecule has 0 aliphatic heterocycles. The summed E-state index contributed by atoms with van der Waals surface area (Å²) in [5.41, 5.74) is 0. The molecule has 47 heavy (non-hydrogen) atoms. The molecule has 0 bridgehead atoms. The molecule has 2 aromatic heterocycles. The summed E-state index contributed by atoms with van der Waals surface area (Å²) in [6.45, 7) is 0. The van der Waals surface area contributed by atoms with Gasteiger partial charge in [0.2, 0.25) is 0 Å². The monoisotopic (exact) mass is 754 g/mol. The maximum atomic E-state index is 2.37. The van der Waals surface area contributed by atoms with E-state index in [0.717, 1.165) is 0 Å². The number of hydrogen-bond acceptors (Lipinski definition) is 0. The Balaban J connectivity index is 0.000000155. The Morgan fingerprint density at radius 2 is 0.617 bits per heavy atom. The Hall–Kier alpha value is -3.40. The number of hydrogen-bond donors (Lipinski definition) is 0. The minimum absolute atomic E-state index is 0. The molecular formula is C42H28Cl2P2Zr. The van der Waals surface area contributed by atoms with Crippen LogP contribution in [0.3, 0.4) is 0 Å². The van der Waals surface area contributed by atoms with Gasteiger partial charge in [-0.25, -0.2) is 0 Å². The van der Waals surface area contributed by atoms with Gasteiger partial charge in [0.15, 0.2) is 0 Å². The molecule has 0 unspecified atom stereocenters. The van der Waals surface area contributed by atoms with Crippen molar-refractivity contribution in [1.82, 2.24) is 0 Å². The van der Waals surface area contributed by atoms with Crippen LogP contribution in [0, 0.1) is 0 Å². The molecule has 224 valence electrons. The van der Waals surface area contributed by atoms with Gasteiger partial charge in [0.05, 0.1) is 0 Å². The van der Waals surface area contributed by atoms with E-state index >= 15 is 0 Å². The molecule has 0 amide bonds. The molecule has 10 rings (SSSR count). The third-order valence-corrected chi connectivity index (χ3v) is 13.9. The van der Waals surface area contributed by atoms with Crippen LogP contribution in [-0.4, -0.2) is 0 Å². The first-order chi connectivity index (χ1) is 21.8. The van der Waals surface area contributed by atoms with Crippen molar-refractivity contribution in [1.29, 1.82) is 0 Å². The molecule has 0 radical (unpaired) electrons. The molecule has 0 nitrogen and oxygen atoms in total. The summed E-state index contributed by atoms with van der Waals surface area (Å²) in [4.78, 5) is 0. The van der Waals surface area contributed by atoms with Crippen molar-refractivity contribution in [2.75, 3.05) is 0 Å². The zero-order chi connectivity index (χ0) is 29.0. The molecule has 8 aromatic carbocycles. The fraction of sp³-hybridized carbons (Fsp3) is 0. The van der Waals surface area contributed by atoms with Crippen molar-refractivity contribution in [2.45, 2.75) is 0 Å². The van der Waals surface area contributed by atoms with Crippen LogP contribution in [-0.2, 0) is 26.2 Å². The Labute approximate surface area is 307 Å². The fourth-order valence-electron chi connectivity index (χ4n) is 6.93. The Morgan fingerprint density at radius 3 is 0.936 bits per heavy atom. The summed E-state index contributed by atoms with van der Waals surface area (Å²) in [7, 11) is -0.837. The average Bonchev–Trinajstić information content (AvgIpc) is 3.85. The predicted molar refractivity (Wildman–Crippen MR) is 197 cm³/mol. The largest absolute Gasteiger partial charge is 4.00 e.